The molecule has 0 bridgehead atoms. The van der Waals surface area contributed by atoms with Crippen LogP contribution in [-0.4, -0.2) is 23.6 Å². The van der Waals surface area contributed by atoms with Gasteiger partial charge in [0, 0.05) is 0 Å². The van der Waals surface area contributed by atoms with Crippen LogP contribution in [0.15, 0.2) is 103 Å². The van der Waals surface area contributed by atoms with Crippen molar-refractivity contribution in [3.63, 3.8) is 0 Å². The van der Waals surface area contributed by atoms with Gasteiger partial charge in [0.1, 0.15) is 11.6 Å². The Morgan fingerprint density at radius 2 is 1.12 bits per heavy atom. The number of hydrogen-bond donors (Lipinski definition) is 0. The monoisotopic (exact) mass is 548 g/mol. The predicted octanol–water partition coefficient (Wildman–Crippen LogP) is 5.14. The molecule has 2 saturated heterocycles. The minimum Gasteiger partial charge on any atom is -0.274 e. The van der Waals surface area contributed by atoms with Crippen molar-refractivity contribution >= 4 is 35.0 Å². The number of amides is 4. The van der Waals surface area contributed by atoms with Crippen LogP contribution in [0.4, 0.5) is 20.2 Å². The molecule has 6 nitrogen and oxygen atoms in total. The maximum atomic E-state index is 14.7. The molecule has 4 amide bonds. The second-order valence-electron chi connectivity index (χ2n) is 10.7. The predicted molar refractivity (Wildman–Crippen MR) is 146 cm³/mol. The fraction of sp³-hybridized carbons (Fsp3) is 0.152. The van der Waals surface area contributed by atoms with E-state index in [2.05, 4.69) is 0 Å². The number of carbonyl (C=O) groups excluding carboxylic acids is 4. The Labute approximate surface area is 233 Å². The van der Waals surface area contributed by atoms with Crippen LogP contribution in [0.5, 0.6) is 0 Å². The van der Waals surface area contributed by atoms with E-state index < -0.39 is 58.4 Å². The topological polar surface area (TPSA) is 74.8 Å². The van der Waals surface area contributed by atoms with Gasteiger partial charge in [0.2, 0.25) is 23.6 Å². The van der Waals surface area contributed by atoms with Crippen molar-refractivity contribution in [1.29, 1.82) is 0 Å². The van der Waals surface area contributed by atoms with E-state index >= 15 is 0 Å². The average Bonchev–Trinajstić information content (AvgIpc) is 3.37. The summed E-state index contributed by atoms with van der Waals surface area (Å²) in [4.78, 5) is 59.6. The summed E-state index contributed by atoms with van der Waals surface area (Å²) >= 11 is 0. The highest BCUT2D eigenvalue weighted by Crippen LogP contribution is 2.63. The number of rotatable bonds is 4. The third-order valence-electron chi connectivity index (χ3n) is 8.60. The van der Waals surface area contributed by atoms with Gasteiger partial charge in [0.15, 0.2) is 0 Å². The zero-order valence-electron chi connectivity index (χ0n) is 21.5. The van der Waals surface area contributed by atoms with E-state index in [4.69, 9.17) is 0 Å². The van der Waals surface area contributed by atoms with Crippen LogP contribution in [0, 0.1) is 23.0 Å². The first kappa shape index (κ1) is 25.0. The lowest BCUT2D eigenvalue weighted by atomic mass is 9.54. The minimum absolute atomic E-state index is 0.0204. The summed E-state index contributed by atoms with van der Waals surface area (Å²) in [5, 5.41) is 0. The molecule has 2 aliphatic heterocycles. The molecule has 202 valence electrons. The Morgan fingerprint density at radius 1 is 0.585 bits per heavy atom. The first-order valence-electron chi connectivity index (χ1n) is 13.2. The highest BCUT2D eigenvalue weighted by atomic mass is 19.1. The van der Waals surface area contributed by atoms with E-state index in [-0.39, 0.29) is 17.8 Å². The number of anilines is 2. The average molecular weight is 549 g/mol. The summed E-state index contributed by atoms with van der Waals surface area (Å²) in [6.07, 6.45) is 0.0204. The molecule has 4 atom stereocenters. The highest BCUT2D eigenvalue weighted by Gasteiger charge is 2.73. The summed E-state index contributed by atoms with van der Waals surface area (Å²) in [5.74, 6) is -6.67. The smallest absolute Gasteiger partial charge is 0.242 e. The zero-order chi connectivity index (χ0) is 28.5. The lowest BCUT2D eigenvalue weighted by Gasteiger charge is -2.43. The Balaban J connectivity index is 1.49. The number of hydrogen-bond acceptors (Lipinski definition) is 4. The first-order valence-corrected chi connectivity index (χ1v) is 13.2. The van der Waals surface area contributed by atoms with E-state index in [1.165, 1.54) is 36.4 Å². The van der Waals surface area contributed by atoms with E-state index in [0.717, 1.165) is 27.5 Å². The molecule has 0 saturated carbocycles. The quantitative estimate of drug-likeness (QED) is 0.331. The molecule has 2 fully saturated rings. The lowest BCUT2D eigenvalue weighted by Crippen LogP contribution is -2.51. The van der Waals surface area contributed by atoms with Crippen LogP contribution in [0.25, 0.3) is 0 Å². The van der Waals surface area contributed by atoms with Crippen LogP contribution in [0.2, 0.25) is 0 Å². The third kappa shape index (κ3) is 3.46. The van der Waals surface area contributed by atoms with Gasteiger partial charge in [0.25, 0.3) is 0 Å². The van der Waals surface area contributed by atoms with Gasteiger partial charge in [-0.05, 0) is 71.6 Å². The number of nitrogens with zero attached hydrogens (tertiary/aromatic N) is 2. The second kappa shape index (κ2) is 9.02. The van der Waals surface area contributed by atoms with E-state index in [1.54, 1.807) is 36.4 Å². The highest BCUT2D eigenvalue weighted by molar-refractivity contribution is 6.31. The summed E-state index contributed by atoms with van der Waals surface area (Å²) in [5.41, 5.74) is 0.466. The molecule has 7 rings (SSSR count). The number of carbonyl (C=O) groups is 4. The van der Waals surface area contributed by atoms with Crippen LogP contribution < -0.4 is 9.80 Å². The van der Waals surface area contributed by atoms with Crippen molar-refractivity contribution in [2.24, 2.45) is 11.3 Å². The van der Waals surface area contributed by atoms with Gasteiger partial charge >= 0.3 is 0 Å². The van der Waals surface area contributed by atoms with E-state index in [9.17, 15) is 28.0 Å². The molecule has 3 aliphatic rings. The standard InChI is InChI=1S/C33H22F2N2O4/c34-20-10-14-22(15-11-20)36-29(38)26-24-8-4-5-9-25(24)27-30(39)37(23-16-12-21(35)13-17-23)32(41)33(27,28(26)31(36)40)18-19-6-2-1-3-7-19/h1-17,26-28H,18H2/t26-,27-,28-,33+/m1/s1. The third-order valence-corrected chi connectivity index (χ3v) is 8.60. The number of halogens is 2. The summed E-state index contributed by atoms with van der Waals surface area (Å²) < 4.78 is 27.6. The van der Waals surface area contributed by atoms with E-state index in [1.807, 2.05) is 18.2 Å². The number of imide groups is 2. The second-order valence-corrected chi connectivity index (χ2v) is 10.7. The fourth-order valence-corrected chi connectivity index (χ4v) is 6.96. The van der Waals surface area contributed by atoms with Gasteiger partial charge in [-0.15, -0.1) is 0 Å². The largest absolute Gasteiger partial charge is 0.274 e. The van der Waals surface area contributed by atoms with Crippen molar-refractivity contribution in [3.8, 4) is 0 Å². The molecule has 4 aromatic carbocycles. The Bertz CT molecular complexity index is 1740. The van der Waals surface area contributed by atoms with Crippen LogP contribution in [-0.2, 0) is 25.6 Å². The Kier molecular flexibility index (Phi) is 5.51. The molecule has 0 aromatic heterocycles. The maximum Gasteiger partial charge on any atom is 0.242 e. The Morgan fingerprint density at radius 3 is 1.73 bits per heavy atom. The van der Waals surface area contributed by atoms with Gasteiger partial charge in [-0.2, -0.15) is 0 Å². The van der Waals surface area contributed by atoms with Gasteiger partial charge in [-0.1, -0.05) is 54.6 Å². The molecule has 2 heterocycles. The molecule has 8 heteroatoms. The van der Waals surface area contributed by atoms with Crippen molar-refractivity contribution in [2.75, 3.05) is 9.80 Å². The van der Waals surface area contributed by atoms with Crippen molar-refractivity contribution in [3.05, 3.63) is 131 Å². The van der Waals surface area contributed by atoms with E-state index in [0.29, 0.717) is 11.1 Å². The van der Waals surface area contributed by atoms with Crippen molar-refractivity contribution in [2.45, 2.75) is 18.3 Å². The summed E-state index contributed by atoms with van der Waals surface area (Å²) in [7, 11) is 0. The molecule has 0 N–H and O–H groups in total. The molecular formula is C33H22F2N2O4. The summed E-state index contributed by atoms with van der Waals surface area (Å²) in [6.45, 7) is 0. The van der Waals surface area contributed by atoms with Crippen molar-refractivity contribution < 1.29 is 28.0 Å². The van der Waals surface area contributed by atoms with Gasteiger partial charge in [0.05, 0.1) is 34.5 Å². The maximum absolute atomic E-state index is 14.7. The molecule has 1 aliphatic carbocycles. The number of fused-ring (bicyclic) bond motifs is 6. The molecule has 0 spiro atoms. The Hall–Kier alpha value is -4.98. The number of benzene rings is 4. The lowest BCUT2D eigenvalue weighted by molar-refractivity contribution is -0.138. The van der Waals surface area contributed by atoms with Crippen LogP contribution in [0.1, 0.15) is 28.5 Å². The minimum atomic E-state index is -1.65. The molecule has 41 heavy (non-hydrogen) atoms. The fourth-order valence-electron chi connectivity index (χ4n) is 6.96. The van der Waals surface area contributed by atoms with Gasteiger partial charge < -0.3 is 0 Å². The first-order chi connectivity index (χ1) is 19.8. The summed E-state index contributed by atoms with van der Waals surface area (Å²) in [6, 6.07) is 26.1. The normalized spacial score (nSPS) is 24.9. The van der Waals surface area contributed by atoms with Crippen LogP contribution >= 0.6 is 0 Å². The molecule has 0 unspecified atom stereocenters. The van der Waals surface area contributed by atoms with Gasteiger partial charge in [-0.25, -0.2) is 18.6 Å². The SMILES string of the molecule is O=C1[C@@H]2c3ccccc3[C@@H]3C(=O)N(c4ccc(F)cc4)C(=O)[C@]3(Cc3ccccc3)[C@H]2C(=O)N1c1ccc(F)cc1. The van der Waals surface area contributed by atoms with Gasteiger partial charge in [-0.3, -0.25) is 19.2 Å². The van der Waals surface area contributed by atoms with Crippen LogP contribution in [0.3, 0.4) is 0 Å². The molecular weight excluding hydrogens is 526 g/mol. The zero-order valence-corrected chi connectivity index (χ0v) is 21.5. The van der Waals surface area contributed by atoms with Crippen molar-refractivity contribution in [1.82, 2.24) is 0 Å². The molecule has 4 aromatic rings. The molecule has 0 radical (unpaired) electrons.